The molecule has 6 heteroatoms. The summed E-state index contributed by atoms with van der Waals surface area (Å²) in [7, 11) is 0. The van der Waals surface area contributed by atoms with Gasteiger partial charge in [0.1, 0.15) is 0 Å². The Labute approximate surface area is 198 Å². The van der Waals surface area contributed by atoms with Crippen molar-refractivity contribution in [3.8, 4) is 0 Å². The molecule has 0 saturated carbocycles. The minimum absolute atomic E-state index is 0.230. The number of nitrogens with one attached hydrogen (secondary N) is 2. The smallest absolute Gasteiger partial charge is 0.223 e. The molecular formula is C27H37N5O. The molecule has 2 aromatic carbocycles. The minimum atomic E-state index is 0.230. The van der Waals surface area contributed by atoms with Crippen LogP contribution in [0.2, 0.25) is 0 Å². The molecule has 2 heterocycles. The largest absolute Gasteiger partial charge is 0.357 e. The number of amides is 1. The van der Waals surface area contributed by atoms with E-state index in [2.05, 4.69) is 64.9 Å². The molecule has 1 unspecified atom stereocenters. The molecule has 2 N–H and O–H groups in total. The number of carbonyl (C=O) groups is 1. The zero-order chi connectivity index (χ0) is 22.9. The first kappa shape index (κ1) is 23.3. The van der Waals surface area contributed by atoms with Crippen LogP contribution in [0.3, 0.4) is 0 Å². The van der Waals surface area contributed by atoms with Crippen molar-refractivity contribution < 1.29 is 4.79 Å². The van der Waals surface area contributed by atoms with Crippen LogP contribution >= 0.6 is 0 Å². The number of aliphatic imine (C=N–C) groups is 1. The first-order valence-electron chi connectivity index (χ1n) is 12.4. The summed E-state index contributed by atoms with van der Waals surface area (Å²) in [5.74, 6) is 1.06. The van der Waals surface area contributed by atoms with Gasteiger partial charge in [0.2, 0.25) is 5.91 Å². The predicted octanol–water partition coefficient (Wildman–Crippen LogP) is 3.70. The standard InChI is InChI=1S/C27H37N5O/c1-2-28-27(30-19-25(31-17-8-9-18-31)22-11-4-3-5-12-22)29-16-10-15-26(33)32-20-23-13-6-7-14-24(23)21-32/h3-7,11-14,25H,2,8-10,15-21H2,1H3,(H2,28,29,30). The van der Waals surface area contributed by atoms with Crippen molar-refractivity contribution in [1.29, 1.82) is 0 Å². The molecular weight excluding hydrogens is 410 g/mol. The number of benzene rings is 2. The van der Waals surface area contributed by atoms with Gasteiger partial charge in [0.05, 0.1) is 12.6 Å². The Bertz CT molecular complexity index is 898. The van der Waals surface area contributed by atoms with Gasteiger partial charge in [0.25, 0.3) is 0 Å². The summed E-state index contributed by atoms with van der Waals surface area (Å²) in [6.07, 6.45) is 3.88. The summed E-state index contributed by atoms with van der Waals surface area (Å²) in [4.78, 5) is 22.1. The van der Waals surface area contributed by atoms with Crippen LogP contribution in [0.4, 0.5) is 0 Å². The highest BCUT2D eigenvalue weighted by Gasteiger charge is 2.24. The van der Waals surface area contributed by atoms with Gasteiger partial charge in [-0.05, 0) is 56.0 Å². The van der Waals surface area contributed by atoms with Crippen LogP contribution in [-0.4, -0.2) is 54.4 Å². The minimum Gasteiger partial charge on any atom is -0.357 e. The van der Waals surface area contributed by atoms with Gasteiger partial charge in [-0.25, -0.2) is 0 Å². The van der Waals surface area contributed by atoms with Gasteiger partial charge < -0.3 is 15.5 Å². The molecule has 0 bridgehead atoms. The first-order chi connectivity index (χ1) is 16.2. The SMILES string of the molecule is CCNC(=NCC(c1ccccc1)N1CCCC1)NCCCC(=O)N1Cc2ccccc2C1. The number of fused-ring (bicyclic) bond motifs is 1. The number of rotatable bonds is 9. The highest BCUT2D eigenvalue weighted by molar-refractivity contribution is 5.80. The Hall–Kier alpha value is -2.86. The molecule has 2 aliphatic heterocycles. The van der Waals surface area contributed by atoms with E-state index in [1.54, 1.807) is 0 Å². The fraction of sp³-hybridized carbons (Fsp3) is 0.481. The molecule has 1 saturated heterocycles. The third kappa shape index (κ3) is 6.35. The molecule has 1 atom stereocenters. The molecule has 6 nitrogen and oxygen atoms in total. The average molecular weight is 448 g/mol. The third-order valence-corrected chi connectivity index (χ3v) is 6.59. The van der Waals surface area contributed by atoms with Crippen molar-refractivity contribution in [2.75, 3.05) is 32.7 Å². The highest BCUT2D eigenvalue weighted by Crippen LogP contribution is 2.25. The second-order valence-corrected chi connectivity index (χ2v) is 8.94. The van der Waals surface area contributed by atoms with E-state index in [0.717, 1.165) is 58.2 Å². The van der Waals surface area contributed by atoms with Crippen molar-refractivity contribution in [2.45, 2.75) is 51.7 Å². The third-order valence-electron chi connectivity index (χ3n) is 6.59. The number of hydrogen-bond donors (Lipinski definition) is 2. The van der Waals surface area contributed by atoms with Crippen LogP contribution in [0.1, 0.15) is 55.3 Å². The van der Waals surface area contributed by atoms with E-state index >= 15 is 0 Å². The lowest BCUT2D eigenvalue weighted by Crippen LogP contribution is -2.39. The highest BCUT2D eigenvalue weighted by atomic mass is 16.2. The summed E-state index contributed by atoms with van der Waals surface area (Å²) in [6, 6.07) is 19.4. The van der Waals surface area contributed by atoms with Crippen LogP contribution in [0.5, 0.6) is 0 Å². The van der Waals surface area contributed by atoms with E-state index in [9.17, 15) is 4.79 Å². The Morgan fingerprint density at radius 3 is 2.30 bits per heavy atom. The number of nitrogens with zero attached hydrogens (tertiary/aromatic N) is 3. The van der Waals surface area contributed by atoms with Crippen LogP contribution in [0, 0.1) is 0 Å². The molecule has 0 aliphatic carbocycles. The zero-order valence-corrected chi connectivity index (χ0v) is 19.8. The van der Waals surface area contributed by atoms with Crippen LogP contribution < -0.4 is 10.6 Å². The zero-order valence-electron chi connectivity index (χ0n) is 19.8. The van der Waals surface area contributed by atoms with Crippen molar-refractivity contribution in [3.63, 3.8) is 0 Å². The molecule has 4 rings (SSSR count). The maximum atomic E-state index is 12.6. The van der Waals surface area contributed by atoms with Gasteiger partial charge in [0, 0.05) is 32.6 Å². The predicted molar refractivity (Wildman–Crippen MR) is 134 cm³/mol. The number of guanidine groups is 1. The second-order valence-electron chi connectivity index (χ2n) is 8.94. The number of carbonyl (C=O) groups excluding carboxylic acids is 1. The first-order valence-corrected chi connectivity index (χ1v) is 12.4. The van der Waals surface area contributed by atoms with Crippen molar-refractivity contribution >= 4 is 11.9 Å². The molecule has 2 aromatic rings. The van der Waals surface area contributed by atoms with Crippen molar-refractivity contribution in [2.24, 2.45) is 4.99 Å². The van der Waals surface area contributed by atoms with Gasteiger partial charge in [-0.3, -0.25) is 14.7 Å². The van der Waals surface area contributed by atoms with Gasteiger partial charge in [-0.2, -0.15) is 0 Å². The maximum absolute atomic E-state index is 12.6. The molecule has 0 aromatic heterocycles. The van der Waals surface area contributed by atoms with E-state index in [1.165, 1.54) is 29.5 Å². The molecule has 176 valence electrons. The van der Waals surface area contributed by atoms with E-state index in [4.69, 9.17) is 4.99 Å². The molecule has 1 amide bonds. The van der Waals surface area contributed by atoms with E-state index in [1.807, 2.05) is 17.0 Å². The Balaban J connectivity index is 1.27. The van der Waals surface area contributed by atoms with Crippen molar-refractivity contribution in [1.82, 2.24) is 20.4 Å². The summed E-state index contributed by atoms with van der Waals surface area (Å²) in [6.45, 7) is 8.12. The van der Waals surface area contributed by atoms with Gasteiger partial charge in [0.15, 0.2) is 5.96 Å². The lowest BCUT2D eigenvalue weighted by Gasteiger charge is -2.27. The molecule has 33 heavy (non-hydrogen) atoms. The lowest BCUT2D eigenvalue weighted by atomic mass is 10.1. The summed E-state index contributed by atoms with van der Waals surface area (Å²) >= 11 is 0. The molecule has 0 radical (unpaired) electrons. The van der Waals surface area contributed by atoms with E-state index in [0.29, 0.717) is 12.5 Å². The van der Waals surface area contributed by atoms with Crippen LogP contribution in [0.15, 0.2) is 59.6 Å². The number of likely N-dealkylation sites (tertiary alicyclic amines) is 1. The van der Waals surface area contributed by atoms with Crippen molar-refractivity contribution in [3.05, 3.63) is 71.3 Å². The molecule has 2 aliphatic rings. The topological polar surface area (TPSA) is 60.0 Å². The quantitative estimate of drug-likeness (QED) is 0.350. The maximum Gasteiger partial charge on any atom is 0.223 e. The van der Waals surface area contributed by atoms with E-state index < -0.39 is 0 Å². The fourth-order valence-corrected chi connectivity index (χ4v) is 4.79. The molecule has 1 fully saturated rings. The van der Waals surface area contributed by atoms with Gasteiger partial charge in [-0.15, -0.1) is 0 Å². The lowest BCUT2D eigenvalue weighted by molar-refractivity contribution is -0.131. The summed E-state index contributed by atoms with van der Waals surface area (Å²) in [5.41, 5.74) is 3.88. The number of hydrogen-bond acceptors (Lipinski definition) is 3. The monoisotopic (exact) mass is 447 g/mol. The Morgan fingerprint density at radius 2 is 1.64 bits per heavy atom. The molecule has 0 spiro atoms. The second kappa shape index (κ2) is 11.8. The summed E-state index contributed by atoms with van der Waals surface area (Å²) < 4.78 is 0. The van der Waals surface area contributed by atoms with Gasteiger partial charge >= 0.3 is 0 Å². The summed E-state index contributed by atoms with van der Waals surface area (Å²) in [5, 5.41) is 6.79. The average Bonchev–Trinajstić information content (AvgIpc) is 3.53. The normalized spacial score (nSPS) is 17.1. The Morgan fingerprint density at radius 1 is 0.970 bits per heavy atom. The van der Waals surface area contributed by atoms with Crippen LogP contribution in [0.25, 0.3) is 0 Å². The Kier molecular flexibility index (Phi) is 8.36. The van der Waals surface area contributed by atoms with E-state index in [-0.39, 0.29) is 5.91 Å². The van der Waals surface area contributed by atoms with Gasteiger partial charge in [-0.1, -0.05) is 54.6 Å². The van der Waals surface area contributed by atoms with Crippen LogP contribution in [-0.2, 0) is 17.9 Å². The fourth-order valence-electron chi connectivity index (χ4n) is 4.79.